The molecule has 0 amide bonds. The Labute approximate surface area is 82.1 Å². The van der Waals surface area contributed by atoms with Crippen molar-refractivity contribution in [3.05, 3.63) is 0 Å². The van der Waals surface area contributed by atoms with E-state index in [2.05, 4.69) is 0 Å². The van der Waals surface area contributed by atoms with E-state index in [9.17, 15) is 19.3 Å². The Kier molecular flexibility index (Phi) is 9.12. The summed E-state index contributed by atoms with van der Waals surface area (Å²) >= 11 is 0. The monoisotopic (exact) mass is 186 g/mol. The number of aliphatic hydroxyl groups excluding tert-OH is 1. The van der Waals surface area contributed by atoms with E-state index in [0.717, 1.165) is 0 Å². The molecule has 0 spiro atoms. The van der Waals surface area contributed by atoms with Crippen LogP contribution in [-0.4, -0.2) is 22.9 Å². The first-order chi connectivity index (χ1) is 5.07. The van der Waals surface area contributed by atoms with Crippen molar-refractivity contribution in [3.8, 4) is 0 Å². The zero-order chi connectivity index (χ0) is 8.85. The summed E-state index contributed by atoms with van der Waals surface area (Å²) < 4.78 is 10.5. The van der Waals surface area contributed by atoms with Crippen molar-refractivity contribution in [2.24, 2.45) is 0 Å². The van der Waals surface area contributed by atoms with Gasteiger partial charge in [0.2, 0.25) is 0 Å². The molecule has 0 saturated carbocycles. The molecule has 0 aromatic heterocycles. The Hall–Kier alpha value is -0.0726. The maximum absolute atomic E-state index is 10.6. The normalized spacial score (nSPS) is 11.4. The second kappa shape index (κ2) is 7.57. The van der Waals surface area contributed by atoms with Gasteiger partial charge in [-0.25, -0.2) is 0 Å². The maximum atomic E-state index is 10.6. The first kappa shape index (κ1) is 14.5. The third-order valence-corrected chi connectivity index (χ3v) is 2.17. The predicted octanol–water partition coefficient (Wildman–Crippen LogP) is -4.44. The van der Waals surface area contributed by atoms with Crippen molar-refractivity contribution < 1.29 is 43.2 Å². The van der Waals surface area contributed by atoms with E-state index in [1.165, 1.54) is 0 Å². The Balaban J connectivity index is 0. The van der Waals surface area contributed by atoms with Crippen LogP contribution in [0.25, 0.3) is 0 Å². The number of carboxylic acids is 1. The van der Waals surface area contributed by atoms with E-state index in [4.69, 9.17) is 5.11 Å². The topological polar surface area (TPSA) is 94.5 Å². The number of carbonyl (C=O) groups excluding carboxylic acids is 2. The summed E-state index contributed by atoms with van der Waals surface area (Å²) in [4.78, 5) is 20.4. The van der Waals surface area contributed by atoms with Crippen LogP contribution >= 0.6 is 7.80 Å². The Morgan fingerprint density at radius 3 is 2.17 bits per heavy atom. The van der Waals surface area contributed by atoms with E-state index >= 15 is 0 Å². The summed E-state index contributed by atoms with van der Waals surface area (Å²) in [6.07, 6.45) is -1.44. The largest absolute Gasteiger partial charge is 1.00 e. The van der Waals surface area contributed by atoms with Crippen LogP contribution in [0.15, 0.2) is 0 Å². The van der Waals surface area contributed by atoms with E-state index < -0.39 is 32.1 Å². The first-order valence-corrected chi connectivity index (χ1v) is 4.56. The molecule has 0 heterocycles. The molecule has 0 aliphatic carbocycles. The molecule has 0 bridgehead atoms. The van der Waals surface area contributed by atoms with Gasteiger partial charge in [-0.2, -0.15) is 0 Å². The SMILES string of the molecule is O=C([O-])CCC(=O)[PH](=O)CO.[Li+]. The van der Waals surface area contributed by atoms with Crippen molar-refractivity contribution in [1.29, 1.82) is 0 Å². The van der Waals surface area contributed by atoms with Gasteiger partial charge in [0, 0.05) is 12.4 Å². The van der Waals surface area contributed by atoms with Crippen LogP contribution in [-0.2, 0) is 14.2 Å². The molecule has 0 saturated heterocycles. The molecule has 1 N–H and O–H groups in total. The molecule has 1 unspecified atom stereocenters. The fraction of sp³-hybridized carbons (Fsp3) is 0.600. The molecule has 0 aromatic rings. The Morgan fingerprint density at radius 1 is 1.33 bits per heavy atom. The quantitative estimate of drug-likeness (QED) is 0.345. The summed E-state index contributed by atoms with van der Waals surface area (Å²) in [6.45, 7) is 0. The third-order valence-electron chi connectivity index (χ3n) is 1.01. The zero-order valence-electron chi connectivity index (χ0n) is 6.70. The van der Waals surface area contributed by atoms with Gasteiger partial charge in [0.25, 0.3) is 0 Å². The van der Waals surface area contributed by atoms with E-state index in [-0.39, 0.29) is 25.3 Å². The number of rotatable bonds is 5. The van der Waals surface area contributed by atoms with Crippen molar-refractivity contribution in [2.45, 2.75) is 12.8 Å². The minimum Gasteiger partial charge on any atom is -0.550 e. The molecule has 0 fully saturated rings. The van der Waals surface area contributed by atoms with Crippen molar-refractivity contribution in [1.82, 2.24) is 0 Å². The molecule has 0 aliphatic rings. The number of hydrogen-bond acceptors (Lipinski definition) is 5. The van der Waals surface area contributed by atoms with Crippen LogP contribution in [0.1, 0.15) is 12.8 Å². The predicted molar refractivity (Wildman–Crippen MR) is 35.3 cm³/mol. The maximum Gasteiger partial charge on any atom is 1.00 e. The number of carboxylic acid groups (broad SMARTS) is 1. The Morgan fingerprint density at radius 2 is 1.83 bits per heavy atom. The average Bonchev–Trinajstić information content (AvgIpc) is 1.98. The smallest absolute Gasteiger partial charge is 0.550 e. The van der Waals surface area contributed by atoms with Gasteiger partial charge in [-0.3, -0.25) is 4.79 Å². The average molecular weight is 186 g/mol. The number of hydrogen-bond donors (Lipinski definition) is 1. The summed E-state index contributed by atoms with van der Waals surface area (Å²) in [5, 5.41) is 18.0. The number of carbonyl (C=O) groups is 2. The van der Waals surface area contributed by atoms with Crippen LogP contribution < -0.4 is 24.0 Å². The minimum atomic E-state index is -2.63. The van der Waals surface area contributed by atoms with Gasteiger partial charge in [-0.15, -0.1) is 0 Å². The summed E-state index contributed by atoms with van der Waals surface area (Å²) in [6, 6.07) is 0. The van der Waals surface area contributed by atoms with Crippen molar-refractivity contribution in [3.63, 3.8) is 0 Å². The molecule has 7 heteroatoms. The molecular weight excluding hydrogens is 178 g/mol. The summed E-state index contributed by atoms with van der Waals surface area (Å²) in [5.41, 5.74) is -0.693. The molecule has 1 atom stereocenters. The standard InChI is InChI=1S/C5H9O5P.Li/c6-3-11(10)5(9)2-1-4(7)8;/h6,11H,1-3H2,(H,7,8);/q;+1/p-1. The first-order valence-electron chi connectivity index (χ1n) is 2.94. The van der Waals surface area contributed by atoms with Crippen LogP contribution in [0.5, 0.6) is 0 Å². The van der Waals surface area contributed by atoms with E-state index in [1.807, 2.05) is 0 Å². The summed E-state index contributed by atoms with van der Waals surface area (Å²) in [7, 11) is -2.63. The van der Waals surface area contributed by atoms with Gasteiger partial charge in [0.1, 0.15) is 6.35 Å². The van der Waals surface area contributed by atoms with Crippen molar-refractivity contribution >= 4 is 19.3 Å². The van der Waals surface area contributed by atoms with Gasteiger partial charge >= 0.3 is 18.9 Å². The van der Waals surface area contributed by atoms with Gasteiger partial charge in [-0.05, 0) is 6.42 Å². The number of aliphatic hydroxyl groups is 1. The van der Waals surface area contributed by atoms with E-state index in [0.29, 0.717) is 0 Å². The molecule has 0 radical (unpaired) electrons. The molecule has 12 heavy (non-hydrogen) atoms. The van der Waals surface area contributed by atoms with Gasteiger partial charge in [-0.1, -0.05) is 0 Å². The molecule has 5 nitrogen and oxygen atoms in total. The summed E-state index contributed by atoms with van der Waals surface area (Å²) in [5.74, 6) is -1.36. The van der Waals surface area contributed by atoms with Crippen LogP contribution in [0.2, 0.25) is 0 Å². The zero-order valence-corrected chi connectivity index (χ0v) is 7.70. The fourth-order valence-corrected chi connectivity index (χ4v) is 1.02. The number of aliphatic carboxylic acids is 1. The van der Waals surface area contributed by atoms with Crippen LogP contribution in [0.3, 0.4) is 0 Å². The molecule has 0 aliphatic heterocycles. The van der Waals surface area contributed by atoms with Crippen LogP contribution in [0, 0.1) is 0 Å². The van der Waals surface area contributed by atoms with Gasteiger partial charge in [0.15, 0.2) is 13.3 Å². The minimum absolute atomic E-state index is 0. The Bertz CT molecular complexity index is 192. The molecule has 64 valence electrons. The molecule has 0 aromatic carbocycles. The fourth-order valence-electron chi connectivity index (χ4n) is 0.443. The van der Waals surface area contributed by atoms with E-state index in [1.54, 1.807) is 0 Å². The second-order valence-corrected chi connectivity index (χ2v) is 3.60. The molecule has 0 rings (SSSR count). The third kappa shape index (κ3) is 6.63. The second-order valence-electron chi connectivity index (χ2n) is 1.88. The molecular formula is C5H8LiO5P. The van der Waals surface area contributed by atoms with Crippen molar-refractivity contribution in [2.75, 3.05) is 6.35 Å². The van der Waals surface area contributed by atoms with Gasteiger partial charge in [0.05, 0.1) is 0 Å². The van der Waals surface area contributed by atoms with Gasteiger partial charge < -0.3 is 19.6 Å². The van der Waals surface area contributed by atoms with Crippen LogP contribution in [0.4, 0.5) is 0 Å².